The smallest absolute Gasteiger partial charge is 0.168 e. The summed E-state index contributed by atoms with van der Waals surface area (Å²) in [5.41, 5.74) is 9.01. The second-order valence-corrected chi connectivity index (χ2v) is 14.1. The summed E-state index contributed by atoms with van der Waals surface area (Å²) in [4.78, 5) is 5.43. The van der Waals surface area contributed by atoms with E-state index in [0.29, 0.717) is 0 Å². The topological polar surface area (TPSA) is 66.6 Å². The van der Waals surface area contributed by atoms with E-state index in [1.807, 2.05) is 48.5 Å². The van der Waals surface area contributed by atoms with Gasteiger partial charge in [0.25, 0.3) is 0 Å². The van der Waals surface area contributed by atoms with Crippen molar-refractivity contribution in [3.63, 3.8) is 0 Å². The van der Waals surface area contributed by atoms with E-state index in [9.17, 15) is 0 Å². The Labute approximate surface area is 319 Å². The lowest BCUT2D eigenvalue weighted by atomic mass is 10.1. The molecular formula is C49H30N6O. The van der Waals surface area contributed by atoms with Crippen molar-refractivity contribution in [3.8, 4) is 40.1 Å². The molecule has 12 rings (SSSR count). The monoisotopic (exact) mass is 718 g/mol. The molecule has 5 aromatic heterocycles. The Balaban J connectivity index is 1.07. The van der Waals surface area contributed by atoms with Crippen LogP contribution < -0.4 is 0 Å². The first kappa shape index (κ1) is 30.7. The normalized spacial score (nSPS) is 11.9. The molecule has 0 aliphatic carbocycles. The number of hydrogen-bond donors (Lipinski definition) is 0. The maximum atomic E-state index is 6.56. The molecule has 7 aromatic carbocycles. The van der Waals surface area contributed by atoms with Gasteiger partial charge in [-0.1, -0.05) is 121 Å². The minimum absolute atomic E-state index is 0.785. The van der Waals surface area contributed by atoms with Gasteiger partial charge in [0.05, 0.1) is 33.1 Å². The Morgan fingerprint density at radius 2 is 0.929 bits per heavy atom. The molecule has 56 heavy (non-hydrogen) atoms. The maximum absolute atomic E-state index is 6.56. The van der Waals surface area contributed by atoms with Gasteiger partial charge in [0.1, 0.15) is 22.8 Å². The summed E-state index contributed by atoms with van der Waals surface area (Å²) in [5.74, 6) is 3.23. The molecule has 262 valence electrons. The van der Waals surface area contributed by atoms with E-state index in [-0.39, 0.29) is 0 Å². The fraction of sp³-hybridized carbons (Fsp3) is 0. The van der Waals surface area contributed by atoms with Crippen LogP contribution in [-0.2, 0) is 0 Å². The molecule has 0 fully saturated rings. The maximum Gasteiger partial charge on any atom is 0.168 e. The Hall–Kier alpha value is -7.77. The quantitative estimate of drug-likeness (QED) is 0.178. The predicted molar refractivity (Wildman–Crippen MR) is 226 cm³/mol. The zero-order valence-electron chi connectivity index (χ0n) is 29.9. The molecule has 0 saturated heterocycles. The third-order valence-corrected chi connectivity index (χ3v) is 11.0. The molecule has 0 amide bonds. The van der Waals surface area contributed by atoms with Gasteiger partial charge in [0, 0.05) is 38.1 Å². The summed E-state index contributed by atoms with van der Waals surface area (Å²) < 4.78 is 13.2. The largest absolute Gasteiger partial charge is 0.455 e. The zero-order chi connectivity index (χ0) is 36.7. The van der Waals surface area contributed by atoms with E-state index in [0.717, 1.165) is 106 Å². The Morgan fingerprint density at radius 1 is 0.375 bits per heavy atom. The lowest BCUT2D eigenvalue weighted by Crippen LogP contribution is -2.03. The van der Waals surface area contributed by atoms with Gasteiger partial charge in [0.15, 0.2) is 11.6 Å². The third kappa shape index (κ3) is 4.42. The lowest BCUT2D eigenvalue weighted by Gasteiger charge is -2.13. The molecule has 7 nitrogen and oxygen atoms in total. The fourth-order valence-corrected chi connectivity index (χ4v) is 8.57. The number of nitrogens with zero attached hydrogens (tertiary/aromatic N) is 6. The van der Waals surface area contributed by atoms with Crippen LogP contribution in [0.5, 0.6) is 0 Å². The van der Waals surface area contributed by atoms with Crippen molar-refractivity contribution < 1.29 is 4.42 Å². The molecule has 0 N–H and O–H groups in total. The van der Waals surface area contributed by atoms with Crippen molar-refractivity contribution in [3.05, 3.63) is 182 Å². The summed E-state index contributed by atoms with van der Waals surface area (Å²) in [7, 11) is 0. The molecule has 0 saturated carbocycles. The number of benzene rings is 7. The van der Waals surface area contributed by atoms with Crippen molar-refractivity contribution in [2.45, 2.75) is 0 Å². The highest BCUT2D eigenvalue weighted by Crippen LogP contribution is 2.41. The molecule has 12 aromatic rings. The van der Waals surface area contributed by atoms with Crippen LogP contribution >= 0.6 is 0 Å². The molecule has 0 unspecified atom stereocenters. The SMILES string of the molecule is c1ccc(-c2nnc(-c3ccccc3)n2-c2ccc3c(c2)c2ccccc2n3-c2cccc(-n3c4ccccc4c4c5oc6ccccc6c5ccc43)n2)cc1. The Morgan fingerprint density at radius 3 is 1.64 bits per heavy atom. The molecular weight excluding hydrogens is 689 g/mol. The predicted octanol–water partition coefficient (Wildman–Crippen LogP) is 12.1. The van der Waals surface area contributed by atoms with Gasteiger partial charge in [0.2, 0.25) is 0 Å². The number of pyridine rings is 1. The second-order valence-electron chi connectivity index (χ2n) is 14.1. The van der Waals surface area contributed by atoms with Crippen LogP contribution in [0.15, 0.2) is 186 Å². The number of rotatable bonds is 5. The van der Waals surface area contributed by atoms with Gasteiger partial charge in [-0.2, -0.15) is 0 Å². The minimum atomic E-state index is 0.785. The minimum Gasteiger partial charge on any atom is -0.455 e. The Kier molecular flexibility index (Phi) is 6.50. The standard InChI is InChI=1S/C49H30N6O/c1-3-14-31(15-4-1)48-51-52-49(32-16-5-2-6-17-32)53(48)33-26-28-41-38(30-33)34-18-7-10-21-39(34)54(41)44-24-13-25-45(50-44)55-40-22-11-8-20-37(40)46-42(55)29-27-36-35-19-9-12-23-43(35)56-47(36)46/h1-30H. The average Bonchev–Trinajstić information content (AvgIpc) is 4.03. The summed E-state index contributed by atoms with van der Waals surface area (Å²) in [6, 6.07) is 63.1. The van der Waals surface area contributed by atoms with Crippen molar-refractivity contribution in [2.75, 3.05) is 0 Å². The van der Waals surface area contributed by atoms with Gasteiger partial charge in [-0.3, -0.25) is 13.7 Å². The molecule has 0 aliphatic heterocycles. The van der Waals surface area contributed by atoms with Gasteiger partial charge < -0.3 is 4.42 Å². The highest BCUT2D eigenvalue weighted by molar-refractivity contribution is 6.23. The van der Waals surface area contributed by atoms with Crippen LogP contribution in [0.4, 0.5) is 0 Å². The van der Waals surface area contributed by atoms with Crippen LogP contribution in [0.1, 0.15) is 0 Å². The van der Waals surface area contributed by atoms with E-state index in [1.165, 1.54) is 0 Å². The van der Waals surface area contributed by atoms with E-state index in [2.05, 4.69) is 147 Å². The van der Waals surface area contributed by atoms with Crippen molar-refractivity contribution in [1.29, 1.82) is 0 Å². The summed E-state index contributed by atoms with van der Waals surface area (Å²) in [6.07, 6.45) is 0. The summed E-state index contributed by atoms with van der Waals surface area (Å²) >= 11 is 0. The van der Waals surface area contributed by atoms with Gasteiger partial charge in [-0.05, 0) is 60.7 Å². The van der Waals surface area contributed by atoms with E-state index in [4.69, 9.17) is 19.6 Å². The number of fused-ring (bicyclic) bond motifs is 10. The molecule has 7 heteroatoms. The highest BCUT2D eigenvalue weighted by atomic mass is 16.3. The summed E-state index contributed by atoms with van der Waals surface area (Å²) in [6.45, 7) is 0. The first-order chi connectivity index (χ1) is 27.8. The van der Waals surface area contributed by atoms with E-state index < -0.39 is 0 Å². The van der Waals surface area contributed by atoms with Gasteiger partial charge in [-0.25, -0.2) is 4.98 Å². The average molecular weight is 719 g/mol. The fourth-order valence-electron chi connectivity index (χ4n) is 8.57. The Bertz CT molecular complexity index is 3420. The van der Waals surface area contributed by atoms with Crippen molar-refractivity contribution in [1.82, 2.24) is 28.9 Å². The van der Waals surface area contributed by atoms with Gasteiger partial charge >= 0.3 is 0 Å². The van der Waals surface area contributed by atoms with Crippen LogP contribution in [0.3, 0.4) is 0 Å². The molecule has 0 spiro atoms. The zero-order valence-corrected chi connectivity index (χ0v) is 29.9. The molecule has 0 aliphatic rings. The molecule has 0 atom stereocenters. The highest BCUT2D eigenvalue weighted by Gasteiger charge is 2.22. The van der Waals surface area contributed by atoms with Gasteiger partial charge in [-0.15, -0.1) is 10.2 Å². The number of hydrogen-bond acceptors (Lipinski definition) is 4. The first-order valence-electron chi connectivity index (χ1n) is 18.7. The van der Waals surface area contributed by atoms with E-state index in [1.54, 1.807) is 0 Å². The van der Waals surface area contributed by atoms with Crippen molar-refractivity contribution in [2.24, 2.45) is 0 Å². The molecule has 0 radical (unpaired) electrons. The first-order valence-corrected chi connectivity index (χ1v) is 18.7. The van der Waals surface area contributed by atoms with Crippen LogP contribution in [0.25, 0.3) is 106 Å². The summed E-state index contributed by atoms with van der Waals surface area (Å²) in [5, 5.41) is 16.2. The van der Waals surface area contributed by atoms with Crippen LogP contribution in [0, 0.1) is 0 Å². The number of aromatic nitrogens is 6. The second kappa shape index (κ2) is 11.9. The van der Waals surface area contributed by atoms with E-state index >= 15 is 0 Å². The molecule has 5 heterocycles. The molecule has 0 bridgehead atoms. The lowest BCUT2D eigenvalue weighted by molar-refractivity contribution is 0.673. The number of furan rings is 1. The van der Waals surface area contributed by atoms with Crippen molar-refractivity contribution >= 4 is 65.6 Å². The third-order valence-electron chi connectivity index (χ3n) is 11.0. The number of para-hydroxylation sites is 3. The van der Waals surface area contributed by atoms with Crippen LogP contribution in [-0.4, -0.2) is 28.9 Å². The van der Waals surface area contributed by atoms with Crippen LogP contribution in [0.2, 0.25) is 0 Å².